The smallest absolute Gasteiger partial charge is 0.0468 e. The van der Waals surface area contributed by atoms with Gasteiger partial charge in [0.25, 0.3) is 0 Å². The lowest BCUT2D eigenvalue weighted by Crippen LogP contribution is -2.10. The van der Waals surface area contributed by atoms with Gasteiger partial charge in [-0.15, -0.1) is 5.92 Å². The summed E-state index contributed by atoms with van der Waals surface area (Å²) in [5.41, 5.74) is 6.94. The molecule has 0 bridgehead atoms. The normalized spacial score (nSPS) is 12.8. The second-order valence-corrected chi connectivity index (χ2v) is 5.87. The first-order chi connectivity index (χ1) is 7.79. The first-order valence-corrected chi connectivity index (χ1v) is 6.26. The van der Waals surface area contributed by atoms with Crippen LogP contribution in [0.2, 0.25) is 10.0 Å². The van der Waals surface area contributed by atoms with Crippen LogP contribution in [0.25, 0.3) is 0 Å². The quantitative estimate of drug-likeness (QED) is 0.790. The fourth-order valence-corrected chi connectivity index (χ4v) is 1.89. The molecule has 1 nitrogen and oxygen atoms in total. The van der Waals surface area contributed by atoms with Gasteiger partial charge in [-0.3, -0.25) is 0 Å². The highest BCUT2D eigenvalue weighted by molar-refractivity contribution is 6.35. The summed E-state index contributed by atoms with van der Waals surface area (Å²) in [4.78, 5) is 0. The molecule has 0 aliphatic rings. The van der Waals surface area contributed by atoms with Gasteiger partial charge < -0.3 is 5.73 Å². The summed E-state index contributed by atoms with van der Waals surface area (Å²) < 4.78 is 0. The summed E-state index contributed by atoms with van der Waals surface area (Å²) in [6.45, 7) is 6.21. The fourth-order valence-electron chi connectivity index (χ4n) is 1.34. The lowest BCUT2D eigenvalue weighted by Gasteiger charge is -2.12. The Morgan fingerprint density at radius 2 is 1.94 bits per heavy atom. The second-order valence-electron chi connectivity index (χ2n) is 5.03. The molecule has 0 aliphatic carbocycles. The van der Waals surface area contributed by atoms with E-state index in [1.807, 2.05) is 6.07 Å². The monoisotopic (exact) mass is 269 g/mol. The molecule has 0 fully saturated rings. The molecular weight excluding hydrogens is 253 g/mol. The maximum atomic E-state index is 6.08. The minimum atomic E-state index is -0.172. The van der Waals surface area contributed by atoms with Gasteiger partial charge in [-0.2, -0.15) is 0 Å². The van der Waals surface area contributed by atoms with E-state index in [1.165, 1.54) is 0 Å². The molecule has 0 saturated heterocycles. The summed E-state index contributed by atoms with van der Waals surface area (Å²) in [7, 11) is 0. The lowest BCUT2D eigenvalue weighted by molar-refractivity contribution is 0.569. The number of benzene rings is 1. The van der Waals surface area contributed by atoms with Crippen molar-refractivity contribution in [2.75, 3.05) is 0 Å². The van der Waals surface area contributed by atoms with Gasteiger partial charge >= 0.3 is 0 Å². The number of rotatable bonds is 2. The van der Waals surface area contributed by atoms with Crippen molar-refractivity contribution in [1.29, 1.82) is 0 Å². The molecule has 0 aromatic heterocycles. The third-order valence-electron chi connectivity index (χ3n) is 2.15. The first kappa shape index (κ1) is 14.4. The van der Waals surface area contributed by atoms with Crippen molar-refractivity contribution in [3.05, 3.63) is 33.8 Å². The van der Waals surface area contributed by atoms with Gasteiger partial charge in [-0.1, -0.05) is 35.2 Å². The van der Waals surface area contributed by atoms with E-state index in [2.05, 4.69) is 32.6 Å². The predicted octanol–water partition coefficient (Wildman–Crippen LogP) is 4.43. The van der Waals surface area contributed by atoms with Gasteiger partial charge in [-0.25, -0.2) is 0 Å². The lowest BCUT2D eigenvalue weighted by atomic mass is 9.97. The van der Waals surface area contributed by atoms with Crippen LogP contribution in [-0.2, 0) is 0 Å². The van der Waals surface area contributed by atoms with Gasteiger partial charge in [0.1, 0.15) is 0 Å². The molecule has 2 N–H and O–H groups in total. The molecule has 0 amide bonds. The molecule has 1 rings (SSSR count). The number of hydrogen-bond donors (Lipinski definition) is 1. The predicted molar refractivity (Wildman–Crippen MR) is 75.2 cm³/mol. The topological polar surface area (TPSA) is 26.0 Å². The van der Waals surface area contributed by atoms with Crippen LogP contribution in [0.4, 0.5) is 0 Å². The van der Waals surface area contributed by atoms with Crippen molar-refractivity contribution < 1.29 is 0 Å². The number of halogens is 2. The van der Waals surface area contributed by atoms with Crippen LogP contribution in [0, 0.1) is 17.3 Å². The van der Waals surface area contributed by atoms with E-state index < -0.39 is 0 Å². The molecule has 1 aromatic rings. The van der Waals surface area contributed by atoms with Crippen molar-refractivity contribution in [1.82, 2.24) is 0 Å². The van der Waals surface area contributed by atoms with Gasteiger partial charge in [0.05, 0.1) is 0 Å². The summed E-state index contributed by atoms with van der Waals surface area (Å²) in [5.74, 6) is 6.25. The van der Waals surface area contributed by atoms with Gasteiger partial charge in [0.15, 0.2) is 0 Å². The van der Waals surface area contributed by atoms with E-state index >= 15 is 0 Å². The Kier molecular flexibility index (Phi) is 4.89. The van der Waals surface area contributed by atoms with Crippen LogP contribution in [-0.4, -0.2) is 0 Å². The van der Waals surface area contributed by atoms with Crippen LogP contribution >= 0.6 is 23.2 Å². The van der Waals surface area contributed by atoms with Crippen LogP contribution in [0.1, 0.15) is 38.8 Å². The van der Waals surface area contributed by atoms with E-state index in [1.54, 1.807) is 12.1 Å². The highest BCUT2D eigenvalue weighted by Gasteiger charge is 2.10. The van der Waals surface area contributed by atoms with E-state index in [9.17, 15) is 0 Å². The Hall–Kier alpha value is -0.680. The van der Waals surface area contributed by atoms with Crippen molar-refractivity contribution in [2.45, 2.75) is 33.2 Å². The van der Waals surface area contributed by atoms with Crippen molar-refractivity contribution in [3.8, 4) is 11.8 Å². The summed E-state index contributed by atoms with van der Waals surface area (Å²) in [6.07, 6.45) is 0.596. The zero-order valence-electron chi connectivity index (χ0n) is 10.3. The highest BCUT2D eigenvalue weighted by Crippen LogP contribution is 2.26. The third-order valence-corrected chi connectivity index (χ3v) is 2.71. The van der Waals surface area contributed by atoms with E-state index in [-0.39, 0.29) is 11.5 Å². The zero-order valence-corrected chi connectivity index (χ0v) is 11.9. The van der Waals surface area contributed by atoms with E-state index in [4.69, 9.17) is 28.9 Å². The molecule has 1 unspecified atom stereocenters. The molecule has 0 radical (unpaired) electrons. The Balaban J connectivity index is 2.76. The molecular formula is C14H17Cl2N. The molecule has 0 saturated carbocycles. The van der Waals surface area contributed by atoms with E-state index in [0.717, 1.165) is 5.56 Å². The Labute approximate surface area is 113 Å². The molecule has 92 valence electrons. The van der Waals surface area contributed by atoms with Gasteiger partial charge in [0, 0.05) is 27.9 Å². The largest absolute Gasteiger partial charge is 0.323 e. The summed E-state index contributed by atoms with van der Waals surface area (Å²) >= 11 is 11.9. The van der Waals surface area contributed by atoms with Crippen LogP contribution < -0.4 is 5.73 Å². The zero-order chi connectivity index (χ0) is 13.1. The molecule has 1 aromatic carbocycles. The SMILES string of the molecule is CC(C)(C)C#CCC(N)c1ccc(Cl)cc1Cl. The Morgan fingerprint density at radius 3 is 2.47 bits per heavy atom. The van der Waals surface area contributed by atoms with Crippen LogP contribution in [0.5, 0.6) is 0 Å². The number of nitrogens with two attached hydrogens (primary N) is 1. The van der Waals surface area contributed by atoms with Gasteiger partial charge in [-0.05, 0) is 38.5 Å². The average molecular weight is 270 g/mol. The van der Waals surface area contributed by atoms with Crippen molar-refractivity contribution >= 4 is 23.2 Å². The van der Waals surface area contributed by atoms with Crippen LogP contribution in [0.3, 0.4) is 0 Å². The van der Waals surface area contributed by atoms with E-state index in [0.29, 0.717) is 16.5 Å². The average Bonchev–Trinajstić information content (AvgIpc) is 2.15. The Morgan fingerprint density at radius 1 is 1.29 bits per heavy atom. The molecule has 3 heteroatoms. The minimum Gasteiger partial charge on any atom is -0.323 e. The molecule has 17 heavy (non-hydrogen) atoms. The van der Waals surface area contributed by atoms with Gasteiger partial charge in [0.2, 0.25) is 0 Å². The van der Waals surface area contributed by atoms with Crippen molar-refractivity contribution in [3.63, 3.8) is 0 Å². The Bertz CT molecular complexity index is 450. The molecule has 1 atom stereocenters. The number of hydrogen-bond acceptors (Lipinski definition) is 1. The van der Waals surface area contributed by atoms with Crippen LogP contribution in [0.15, 0.2) is 18.2 Å². The van der Waals surface area contributed by atoms with Crippen molar-refractivity contribution in [2.24, 2.45) is 11.1 Å². The maximum Gasteiger partial charge on any atom is 0.0468 e. The summed E-state index contributed by atoms with van der Waals surface area (Å²) in [6, 6.07) is 5.18. The molecule has 0 spiro atoms. The molecule has 0 heterocycles. The second kappa shape index (κ2) is 5.78. The highest BCUT2D eigenvalue weighted by atomic mass is 35.5. The first-order valence-electron chi connectivity index (χ1n) is 5.50. The minimum absolute atomic E-state index is 0.00348. The molecule has 0 aliphatic heterocycles. The summed E-state index contributed by atoms with van der Waals surface area (Å²) in [5, 5.41) is 1.22. The maximum absolute atomic E-state index is 6.08. The third kappa shape index (κ3) is 5.00. The standard InChI is InChI=1S/C14H17Cl2N/c1-14(2,3)8-4-5-13(17)11-7-6-10(15)9-12(11)16/h6-7,9,13H,5,17H2,1-3H3. The fraction of sp³-hybridized carbons (Fsp3) is 0.429.